The Labute approximate surface area is 261 Å². The smallest absolute Gasteiger partial charge is 0.251 e. The number of aromatic nitrogens is 6. The highest BCUT2D eigenvalue weighted by Gasteiger charge is 2.37. The van der Waals surface area contributed by atoms with E-state index in [4.69, 9.17) is 21.0 Å². The van der Waals surface area contributed by atoms with E-state index in [1.165, 1.54) is 0 Å². The third-order valence-electron chi connectivity index (χ3n) is 8.38. The molecule has 0 saturated carbocycles. The molecule has 3 rings (SSSR count). The van der Waals surface area contributed by atoms with Gasteiger partial charge in [-0.05, 0) is 48.2 Å². The maximum Gasteiger partial charge on any atom is 0.251 e. The Hall–Kier alpha value is -3.09. The number of unbranched alkanes of at least 4 members (excludes halogenated alkanes) is 1. The van der Waals surface area contributed by atoms with Gasteiger partial charge in [-0.2, -0.15) is 5.21 Å². The molecule has 0 bridgehead atoms. The number of halogens is 1. The van der Waals surface area contributed by atoms with Gasteiger partial charge < -0.3 is 19.6 Å². The molecule has 2 heterocycles. The Kier molecular flexibility index (Phi) is 12.1. The predicted molar refractivity (Wildman–Crippen MR) is 170 cm³/mol. The van der Waals surface area contributed by atoms with Crippen LogP contribution >= 0.6 is 11.6 Å². The molecular formula is C30H47ClN8O3Si. The van der Waals surface area contributed by atoms with E-state index in [0.29, 0.717) is 29.7 Å². The van der Waals surface area contributed by atoms with Crippen molar-refractivity contribution in [1.29, 1.82) is 0 Å². The van der Waals surface area contributed by atoms with Crippen molar-refractivity contribution in [2.45, 2.75) is 111 Å². The summed E-state index contributed by atoms with van der Waals surface area (Å²) in [6.07, 6.45) is 3.60. The lowest BCUT2D eigenvalue weighted by Crippen LogP contribution is -2.50. The monoisotopic (exact) mass is 630 g/mol. The van der Waals surface area contributed by atoms with Crippen molar-refractivity contribution in [3.8, 4) is 0 Å². The minimum absolute atomic E-state index is 0.0759. The van der Waals surface area contributed by atoms with Gasteiger partial charge in [0.15, 0.2) is 19.3 Å². The number of imidazole rings is 1. The highest BCUT2D eigenvalue weighted by molar-refractivity contribution is 6.74. The molecule has 3 N–H and O–H groups in total. The molecule has 0 radical (unpaired) electrons. The number of nitrogens with zero attached hydrogens (tertiary/aromatic N) is 5. The SMILES string of the molecule is CCCCc1nc(Cl)c(CO[Si](C)(C)C(C)(C)C)n1Cc1ccc(C(=O)N[C@H](C(=O)NCc2nn[nH]n2)[C@@H](C)CC)cc1. The molecule has 0 spiro atoms. The number of nitrogens with one attached hydrogen (secondary N) is 3. The van der Waals surface area contributed by atoms with Gasteiger partial charge in [-0.3, -0.25) is 9.59 Å². The fourth-order valence-corrected chi connectivity index (χ4v) is 5.41. The number of carbonyl (C=O) groups is 2. The third kappa shape index (κ3) is 9.20. The Bertz CT molecular complexity index is 1340. The Morgan fingerprint density at radius 1 is 1.16 bits per heavy atom. The summed E-state index contributed by atoms with van der Waals surface area (Å²) in [6, 6.07) is 6.72. The van der Waals surface area contributed by atoms with E-state index in [-0.39, 0.29) is 29.3 Å². The van der Waals surface area contributed by atoms with E-state index in [9.17, 15) is 9.59 Å². The predicted octanol–water partition coefficient (Wildman–Crippen LogP) is 5.42. The maximum atomic E-state index is 13.2. The van der Waals surface area contributed by atoms with E-state index in [0.717, 1.165) is 42.8 Å². The molecule has 0 aliphatic carbocycles. The molecule has 0 aliphatic heterocycles. The number of hydrogen-bond donors (Lipinski definition) is 3. The van der Waals surface area contributed by atoms with Gasteiger partial charge in [0.1, 0.15) is 11.9 Å². The average molecular weight is 631 g/mol. The number of amides is 2. The first-order valence-corrected chi connectivity index (χ1v) is 18.3. The van der Waals surface area contributed by atoms with Crippen LogP contribution in [0.2, 0.25) is 23.3 Å². The first-order valence-electron chi connectivity index (χ1n) is 15.0. The minimum Gasteiger partial charge on any atom is -0.411 e. The zero-order valence-electron chi connectivity index (χ0n) is 26.8. The summed E-state index contributed by atoms with van der Waals surface area (Å²) in [5.74, 6) is 0.612. The molecule has 1 aromatic carbocycles. The Morgan fingerprint density at radius 2 is 1.86 bits per heavy atom. The fourth-order valence-electron chi connectivity index (χ4n) is 4.22. The van der Waals surface area contributed by atoms with Crippen LogP contribution in [0.25, 0.3) is 0 Å². The highest BCUT2D eigenvalue weighted by Crippen LogP contribution is 2.37. The normalized spacial score (nSPS) is 13.5. The van der Waals surface area contributed by atoms with E-state index in [1.807, 2.05) is 26.0 Å². The number of aromatic amines is 1. The van der Waals surface area contributed by atoms with Crippen molar-refractivity contribution in [3.05, 3.63) is 57.9 Å². The molecule has 2 amide bonds. The van der Waals surface area contributed by atoms with Crippen LogP contribution in [0, 0.1) is 5.92 Å². The van der Waals surface area contributed by atoms with Crippen molar-refractivity contribution >= 4 is 31.7 Å². The maximum absolute atomic E-state index is 13.2. The summed E-state index contributed by atoms with van der Waals surface area (Å²) >= 11 is 6.67. The summed E-state index contributed by atoms with van der Waals surface area (Å²) in [5.41, 5.74) is 2.36. The molecule has 0 unspecified atom stereocenters. The highest BCUT2D eigenvalue weighted by atomic mass is 35.5. The lowest BCUT2D eigenvalue weighted by Gasteiger charge is -2.36. The van der Waals surface area contributed by atoms with Crippen LogP contribution in [0.1, 0.15) is 94.1 Å². The fraction of sp³-hybridized carbons (Fsp3) is 0.600. The zero-order chi connectivity index (χ0) is 31.8. The van der Waals surface area contributed by atoms with Crippen molar-refractivity contribution < 1.29 is 14.0 Å². The molecule has 43 heavy (non-hydrogen) atoms. The second kappa shape index (κ2) is 15.1. The first kappa shape index (κ1) is 34.4. The molecule has 13 heteroatoms. The van der Waals surface area contributed by atoms with Crippen LogP contribution in [0.15, 0.2) is 24.3 Å². The Balaban J connectivity index is 1.75. The van der Waals surface area contributed by atoms with Crippen molar-refractivity contribution in [2.75, 3.05) is 0 Å². The van der Waals surface area contributed by atoms with Crippen molar-refractivity contribution in [3.63, 3.8) is 0 Å². The van der Waals surface area contributed by atoms with E-state index >= 15 is 0 Å². The van der Waals surface area contributed by atoms with E-state index < -0.39 is 14.4 Å². The minimum atomic E-state index is -2.00. The van der Waals surface area contributed by atoms with Crippen LogP contribution in [-0.2, 0) is 35.3 Å². The number of H-pyrrole nitrogens is 1. The Morgan fingerprint density at radius 3 is 2.44 bits per heavy atom. The van der Waals surface area contributed by atoms with Crippen molar-refractivity contribution in [2.24, 2.45) is 5.92 Å². The first-order chi connectivity index (χ1) is 20.3. The lowest BCUT2D eigenvalue weighted by molar-refractivity contribution is -0.124. The van der Waals surface area contributed by atoms with Crippen LogP contribution in [0.5, 0.6) is 0 Å². The number of aryl methyl sites for hydroxylation is 1. The second-order valence-corrected chi connectivity index (χ2v) is 17.8. The third-order valence-corrected chi connectivity index (χ3v) is 13.2. The summed E-state index contributed by atoms with van der Waals surface area (Å²) in [7, 11) is -2.00. The molecule has 3 aromatic rings. The summed E-state index contributed by atoms with van der Waals surface area (Å²) in [5, 5.41) is 19.8. The van der Waals surface area contributed by atoms with Gasteiger partial charge in [0.2, 0.25) is 5.91 Å². The average Bonchev–Trinajstić information content (AvgIpc) is 3.59. The van der Waals surface area contributed by atoms with Crippen LogP contribution in [-0.4, -0.2) is 56.3 Å². The zero-order valence-corrected chi connectivity index (χ0v) is 28.5. The number of rotatable bonds is 15. The van der Waals surface area contributed by atoms with Crippen LogP contribution in [0.4, 0.5) is 0 Å². The number of hydrogen-bond acceptors (Lipinski definition) is 7. The van der Waals surface area contributed by atoms with Crippen molar-refractivity contribution in [1.82, 2.24) is 40.8 Å². The van der Waals surface area contributed by atoms with E-state index in [2.05, 4.69) is 76.6 Å². The van der Waals surface area contributed by atoms with E-state index in [1.54, 1.807) is 12.1 Å². The topological polar surface area (TPSA) is 140 Å². The molecule has 0 aliphatic rings. The lowest BCUT2D eigenvalue weighted by atomic mass is 9.97. The standard InChI is InChI=1S/C30H47ClN8O3Si/c1-9-11-12-25-33-27(31)23(19-42-43(7,8)30(4,5)6)39(25)18-21-13-15-22(16-14-21)28(40)34-26(20(3)10-2)29(41)32-17-24-35-37-38-36-24/h13-16,20,26H,9-12,17-19H2,1-8H3,(H,32,41)(H,34,40)(H,35,36,37,38)/t20-,26-/m0/s1. The molecule has 0 saturated heterocycles. The van der Waals surface area contributed by atoms with Gasteiger partial charge in [0.05, 0.1) is 18.8 Å². The molecule has 11 nitrogen and oxygen atoms in total. The molecule has 236 valence electrons. The molecule has 2 atom stereocenters. The molecular weight excluding hydrogens is 584 g/mol. The number of tetrazole rings is 1. The van der Waals surface area contributed by atoms with Gasteiger partial charge in [0.25, 0.3) is 5.91 Å². The largest absolute Gasteiger partial charge is 0.411 e. The van der Waals surface area contributed by atoms with Gasteiger partial charge in [-0.15, -0.1) is 10.2 Å². The summed E-state index contributed by atoms with van der Waals surface area (Å²) in [4.78, 5) is 30.8. The quantitative estimate of drug-likeness (QED) is 0.190. The number of carbonyl (C=O) groups excluding carboxylic acids is 2. The summed E-state index contributed by atoms with van der Waals surface area (Å²) in [6.45, 7) is 18.3. The molecule has 0 fully saturated rings. The van der Waals surface area contributed by atoms with Crippen LogP contribution in [0.3, 0.4) is 0 Å². The van der Waals surface area contributed by atoms with Crippen LogP contribution < -0.4 is 10.6 Å². The number of benzene rings is 1. The van der Waals surface area contributed by atoms with Gasteiger partial charge in [-0.1, -0.05) is 83.3 Å². The second-order valence-electron chi connectivity index (χ2n) is 12.6. The van der Waals surface area contributed by atoms with Gasteiger partial charge >= 0.3 is 0 Å². The van der Waals surface area contributed by atoms with Gasteiger partial charge in [-0.25, -0.2) is 4.98 Å². The summed E-state index contributed by atoms with van der Waals surface area (Å²) < 4.78 is 8.69. The molecule has 2 aromatic heterocycles. The van der Waals surface area contributed by atoms with Gasteiger partial charge in [0, 0.05) is 18.5 Å².